The molecule has 15 heavy (non-hydrogen) atoms. The SMILES string of the molecule is COCC1CCN(CCS(C)(=O)=O)CC1. The predicted octanol–water partition coefficient (Wildman–Crippen LogP) is 0.389. The van der Waals surface area contributed by atoms with Gasteiger partial charge in [-0.1, -0.05) is 0 Å². The van der Waals surface area contributed by atoms with Crippen molar-refractivity contribution in [2.24, 2.45) is 5.92 Å². The Morgan fingerprint density at radius 1 is 1.33 bits per heavy atom. The minimum Gasteiger partial charge on any atom is -0.384 e. The van der Waals surface area contributed by atoms with Crippen molar-refractivity contribution in [3.63, 3.8) is 0 Å². The topological polar surface area (TPSA) is 46.6 Å². The number of ether oxygens (including phenoxy) is 1. The second kappa shape index (κ2) is 5.82. The first kappa shape index (κ1) is 12.9. The van der Waals surface area contributed by atoms with Crippen molar-refractivity contribution in [1.29, 1.82) is 0 Å². The molecule has 1 aliphatic rings. The summed E-state index contributed by atoms with van der Waals surface area (Å²) in [5.74, 6) is 0.937. The molecule has 1 fully saturated rings. The maximum absolute atomic E-state index is 11.0. The number of rotatable bonds is 5. The summed E-state index contributed by atoms with van der Waals surface area (Å²) in [6.45, 7) is 3.52. The van der Waals surface area contributed by atoms with Gasteiger partial charge in [-0.15, -0.1) is 0 Å². The molecule has 1 heterocycles. The highest BCUT2D eigenvalue weighted by Crippen LogP contribution is 2.16. The number of hydrogen-bond acceptors (Lipinski definition) is 4. The van der Waals surface area contributed by atoms with Gasteiger partial charge in [0.25, 0.3) is 0 Å². The van der Waals surface area contributed by atoms with Gasteiger partial charge in [-0.25, -0.2) is 8.42 Å². The average Bonchev–Trinajstić information content (AvgIpc) is 2.16. The van der Waals surface area contributed by atoms with E-state index in [2.05, 4.69) is 4.90 Å². The summed E-state index contributed by atoms with van der Waals surface area (Å²) >= 11 is 0. The number of sulfone groups is 1. The zero-order valence-electron chi connectivity index (χ0n) is 9.61. The summed E-state index contributed by atoms with van der Waals surface area (Å²) in [4.78, 5) is 2.23. The quantitative estimate of drug-likeness (QED) is 0.691. The third-order valence-electron chi connectivity index (χ3n) is 2.89. The molecule has 0 atom stereocenters. The molecule has 0 amide bonds. The van der Waals surface area contributed by atoms with Crippen LogP contribution in [0, 0.1) is 5.92 Å². The van der Waals surface area contributed by atoms with E-state index in [0.29, 0.717) is 12.5 Å². The highest BCUT2D eigenvalue weighted by atomic mass is 32.2. The molecule has 4 nitrogen and oxygen atoms in total. The molecule has 1 rings (SSSR count). The van der Waals surface area contributed by atoms with Crippen molar-refractivity contribution in [3.05, 3.63) is 0 Å². The molecule has 0 unspecified atom stereocenters. The molecule has 0 N–H and O–H groups in total. The molecule has 0 bridgehead atoms. The number of piperidine rings is 1. The van der Waals surface area contributed by atoms with Gasteiger partial charge in [0.05, 0.1) is 5.75 Å². The monoisotopic (exact) mass is 235 g/mol. The van der Waals surface area contributed by atoms with E-state index < -0.39 is 9.84 Å². The summed E-state index contributed by atoms with van der Waals surface area (Å²) in [6, 6.07) is 0. The van der Waals surface area contributed by atoms with Crippen LogP contribution in [-0.2, 0) is 14.6 Å². The first-order chi connectivity index (χ1) is 7.01. The maximum atomic E-state index is 11.0. The minimum atomic E-state index is -2.81. The Bertz CT molecular complexity index is 268. The Labute approximate surface area is 92.5 Å². The summed E-state index contributed by atoms with van der Waals surface area (Å²) < 4.78 is 27.1. The fourth-order valence-electron chi connectivity index (χ4n) is 1.91. The van der Waals surface area contributed by atoms with E-state index in [1.54, 1.807) is 7.11 Å². The summed E-state index contributed by atoms with van der Waals surface area (Å²) in [6.07, 6.45) is 3.54. The van der Waals surface area contributed by atoms with E-state index in [-0.39, 0.29) is 5.75 Å². The maximum Gasteiger partial charge on any atom is 0.148 e. The molecular weight excluding hydrogens is 214 g/mol. The predicted molar refractivity (Wildman–Crippen MR) is 60.8 cm³/mol. The van der Waals surface area contributed by atoms with Gasteiger partial charge in [-0.2, -0.15) is 0 Å². The molecule has 0 aromatic rings. The average molecular weight is 235 g/mol. The fourth-order valence-corrected chi connectivity index (χ4v) is 2.50. The Kier molecular flexibility index (Phi) is 5.02. The van der Waals surface area contributed by atoms with E-state index in [1.165, 1.54) is 6.26 Å². The smallest absolute Gasteiger partial charge is 0.148 e. The first-order valence-corrected chi connectivity index (χ1v) is 7.46. The lowest BCUT2D eigenvalue weighted by Crippen LogP contribution is -2.37. The summed E-state index contributed by atoms with van der Waals surface area (Å²) in [5, 5.41) is 0. The molecule has 1 saturated heterocycles. The highest BCUT2D eigenvalue weighted by Gasteiger charge is 2.19. The Hall–Kier alpha value is -0.130. The van der Waals surface area contributed by atoms with E-state index in [0.717, 1.165) is 32.5 Å². The molecule has 1 aliphatic heterocycles. The van der Waals surface area contributed by atoms with Gasteiger partial charge in [0.2, 0.25) is 0 Å². The molecule has 5 heteroatoms. The number of hydrogen-bond donors (Lipinski definition) is 0. The third-order valence-corrected chi connectivity index (χ3v) is 3.81. The van der Waals surface area contributed by atoms with E-state index in [9.17, 15) is 8.42 Å². The lowest BCUT2D eigenvalue weighted by atomic mass is 9.98. The van der Waals surface area contributed by atoms with Crippen LogP contribution in [0.4, 0.5) is 0 Å². The minimum absolute atomic E-state index is 0.280. The largest absolute Gasteiger partial charge is 0.384 e. The molecule has 0 aromatic carbocycles. The second-order valence-corrected chi connectivity index (χ2v) is 6.63. The number of likely N-dealkylation sites (tertiary alicyclic amines) is 1. The van der Waals surface area contributed by atoms with Crippen molar-refractivity contribution in [2.75, 3.05) is 45.4 Å². The van der Waals surface area contributed by atoms with Gasteiger partial charge in [0.1, 0.15) is 9.84 Å². The first-order valence-electron chi connectivity index (χ1n) is 5.40. The van der Waals surface area contributed by atoms with Crippen molar-refractivity contribution in [1.82, 2.24) is 4.90 Å². The lowest BCUT2D eigenvalue weighted by Gasteiger charge is -2.31. The lowest BCUT2D eigenvalue weighted by molar-refractivity contribution is 0.102. The fraction of sp³-hybridized carbons (Fsp3) is 1.00. The molecule has 0 radical (unpaired) electrons. The zero-order chi connectivity index (χ0) is 11.3. The second-order valence-electron chi connectivity index (χ2n) is 4.37. The van der Waals surface area contributed by atoms with Gasteiger partial charge in [0.15, 0.2) is 0 Å². The molecule has 0 saturated carbocycles. The van der Waals surface area contributed by atoms with Crippen LogP contribution in [-0.4, -0.2) is 58.7 Å². The van der Waals surface area contributed by atoms with Gasteiger partial charge in [-0.05, 0) is 31.8 Å². The Morgan fingerprint density at radius 3 is 2.40 bits per heavy atom. The van der Waals surface area contributed by atoms with Crippen LogP contribution in [0.25, 0.3) is 0 Å². The van der Waals surface area contributed by atoms with Crippen molar-refractivity contribution < 1.29 is 13.2 Å². The standard InChI is InChI=1S/C10H21NO3S/c1-14-9-10-3-5-11(6-4-10)7-8-15(2,12)13/h10H,3-9H2,1-2H3. The van der Waals surface area contributed by atoms with Crippen molar-refractivity contribution >= 4 is 9.84 Å². The van der Waals surface area contributed by atoms with E-state index >= 15 is 0 Å². The summed E-state index contributed by atoms with van der Waals surface area (Å²) in [5.41, 5.74) is 0. The van der Waals surface area contributed by atoms with Crippen LogP contribution >= 0.6 is 0 Å². The molecular formula is C10H21NO3S. The summed E-state index contributed by atoms with van der Waals surface area (Å²) in [7, 11) is -1.08. The molecule has 0 aliphatic carbocycles. The third kappa shape index (κ3) is 5.49. The van der Waals surface area contributed by atoms with Gasteiger partial charge in [-0.3, -0.25) is 0 Å². The van der Waals surface area contributed by atoms with Crippen LogP contribution in [0.15, 0.2) is 0 Å². The van der Waals surface area contributed by atoms with Gasteiger partial charge in [0, 0.05) is 26.5 Å². The van der Waals surface area contributed by atoms with Crippen LogP contribution in [0.1, 0.15) is 12.8 Å². The molecule has 0 spiro atoms. The van der Waals surface area contributed by atoms with Crippen LogP contribution in [0.3, 0.4) is 0 Å². The van der Waals surface area contributed by atoms with Gasteiger partial charge >= 0.3 is 0 Å². The molecule has 0 aromatic heterocycles. The van der Waals surface area contributed by atoms with E-state index in [4.69, 9.17) is 4.74 Å². The van der Waals surface area contributed by atoms with E-state index in [1.807, 2.05) is 0 Å². The van der Waals surface area contributed by atoms with Crippen LogP contribution in [0.2, 0.25) is 0 Å². The molecule has 90 valence electrons. The van der Waals surface area contributed by atoms with Gasteiger partial charge < -0.3 is 9.64 Å². The van der Waals surface area contributed by atoms with Crippen molar-refractivity contribution in [3.8, 4) is 0 Å². The highest BCUT2D eigenvalue weighted by molar-refractivity contribution is 7.90. The Morgan fingerprint density at radius 2 is 1.93 bits per heavy atom. The Balaban J connectivity index is 2.20. The normalized spacial score (nSPS) is 20.7. The van der Waals surface area contributed by atoms with Crippen LogP contribution in [0.5, 0.6) is 0 Å². The zero-order valence-corrected chi connectivity index (χ0v) is 10.4. The van der Waals surface area contributed by atoms with Crippen LogP contribution < -0.4 is 0 Å². The van der Waals surface area contributed by atoms with Crippen molar-refractivity contribution in [2.45, 2.75) is 12.8 Å². The number of methoxy groups -OCH3 is 1. The number of nitrogens with zero attached hydrogens (tertiary/aromatic N) is 1.